The van der Waals surface area contributed by atoms with E-state index in [9.17, 15) is 0 Å². The van der Waals surface area contributed by atoms with Crippen LogP contribution in [0, 0.1) is 11.3 Å². The first kappa shape index (κ1) is 12.9. The summed E-state index contributed by atoms with van der Waals surface area (Å²) in [7, 11) is 0. The highest BCUT2D eigenvalue weighted by molar-refractivity contribution is 5.55. The Balaban J connectivity index is 2.29. The number of para-hydroxylation sites is 1. The molecule has 18 heavy (non-hydrogen) atoms. The number of nitriles is 1. The molecule has 0 aromatic heterocycles. The van der Waals surface area contributed by atoms with Gasteiger partial charge in [-0.05, 0) is 25.0 Å². The van der Waals surface area contributed by atoms with Crippen LogP contribution in [0.3, 0.4) is 0 Å². The van der Waals surface area contributed by atoms with Crippen LogP contribution in [-0.4, -0.2) is 25.2 Å². The number of nitrogens with one attached hydrogen (secondary N) is 1. The molecule has 2 atom stereocenters. The summed E-state index contributed by atoms with van der Waals surface area (Å²) in [5.41, 5.74) is 2.67. The number of hydrogen-bond acceptors (Lipinski definition) is 3. The summed E-state index contributed by atoms with van der Waals surface area (Å²) in [6.45, 7) is 6.25. The van der Waals surface area contributed by atoms with Crippen LogP contribution in [0.4, 0.5) is 5.69 Å². The molecule has 1 fully saturated rings. The molecular weight excluding hydrogens is 222 g/mol. The van der Waals surface area contributed by atoms with Gasteiger partial charge in [-0.2, -0.15) is 5.26 Å². The van der Waals surface area contributed by atoms with Gasteiger partial charge in [-0.15, -0.1) is 0 Å². The highest BCUT2D eigenvalue weighted by Gasteiger charge is 2.26. The van der Waals surface area contributed by atoms with Crippen molar-refractivity contribution < 1.29 is 0 Å². The molecule has 3 nitrogen and oxygen atoms in total. The van der Waals surface area contributed by atoms with Crippen molar-refractivity contribution in [2.45, 2.75) is 38.8 Å². The van der Waals surface area contributed by atoms with Crippen LogP contribution in [0.25, 0.3) is 0 Å². The highest BCUT2D eigenvalue weighted by Crippen LogP contribution is 2.25. The van der Waals surface area contributed by atoms with Gasteiger partial charge in [0.25, 0.3) is 0 Å². The predicted molar refractivity (Wildman–Crippen MR) is 74.6 cm³/mol. The Kier molecular flexibility index (Phi) is 4.22. The van der Waals surface area contributed by atoms with E-state index in [2.05, 4.69) is 54.4 Å². The maximum atomic E-state index is 8.97. The molecule has 1 N–H and O–H groups in total. The standard InChI is InChI=1S/C15H21N3/c1-3-13-6-4-5-7-15(13)18-11-12(2)17-10-14(18)8-9-16/h4-7,12,14,17H,3,8,10-11H2,1-2H3. The van der Waals surface area contributed by atoms with Gasteiger partial charge in [-0.3, -0.25) is 0 Å². The van der Waals surface area contributed by atoms with Gasteiger partial charge in [0, 0.05) is 24.8 Å². The summed E-state index contributed by atoms with van der Waals surface area (Å²) in [5, 5.41) is 12.4. The summed E-state index contributed by atoms with van der Waals surface area (Å²) in [6, 6.07) is 11.6. The van der Waals surface area contributed by atoms with Crippen LogP contribution in [0.5, 0.6) is 0 Å². The van der Waals surface area contributed by atoms with Crippen molar-refractivity contribution in [2.75, 3.05) is 18.0 Å². The lowest BCUT2D eigenvalue weighted by Gasteiger charge is -2.41. The molecule has 1 aliphatic heterocycles. The number of benzene rings is 1. The normalized spacial score (nSPS) is 23.7. The van der Waals surface area contributed by atoms with E-state index in [1.54, 1.807) is 0 Å². The minimum Gasteiger partial charge on any atom is -0.364 e. The topological polar surface area (TPSA) is 39.1 Å². The van der Waals surface area contributed by atoms with Gasteiger partial charge in [0.2, 0.25) is 0 Å². The van der Waals surface area contributed by atoms with E-state index >= 15 is 0 Å². The van der Waals surface area contributed by atoms with Crippen molar-refractivity contribution in [3.05, 3.63) is 29.8 Å². The van der Waals surface area contributed by atoms with Crippen molar-refractivity contribution in [1.29, 1.82) is 5.26 Å². The molecule has 96 valence electrons. The van der Waals surface area contributed by atoms with Crippen molar-refractivity contribution in [2.24, 2.45) is 0 Å². The maximum Gasteiger partial charge on any atom is 0.0643 e. The van der Waals surface area contributed by atoms with Crippen LogP contribution in [-0.2, 0) is 6.42 Å². The predicted octanol–water partition coefficient (Wildman–Crippen LogP) is 2.33. The van der Waals surface area contributed by atoms with E-state index in [1.165, 1.54) is 11.3 Å². The minimum absolute atomic E-state index is 0.291. The van der Waals surface area contributed by atoms with Gasteiger partial charge < -0.3 is 10.2 Å². The molecule has 0 bridgehead atoms. The van der Waals surface area contributed by atoms with Crippen LogP contribution in [0.2, 0.25) is 0 Å². The Bertz CT molecular complexity index is 436. The molecule has 0 spiro atoms. The summed E-state index contributed by atoms with van der Waals surface area (Å²) in [5.74, 6) is 0. The van der Waals surface area contributed by atoms with E-state index in [0.717, 1.165) is 19.5 Å². The average Bonchev–Trinajstić information content (AvgIpc) is 2.41. The van der Waals surface area contributed by atoms with E-state index in [-0.39, 0.29) is 0 Å². The number of rotatable bonds is 3. The molecule has 1 heterocycles. The average molecular weight is 243 g/mol. The lowest BCUT2D eigenvalue weighted by Crippen LogP contribution is -2.55. The van der Waals surface area contributed by atoms with Crippen molar-refractivity contribution in [1.82, 2.24) is 5.32 Å². The van der Waals surface area contributed by atoms with E-state index in [0.29, 0.717) is 18.5 Å². The zero-order chi connectivity index (χ0) is 13.0. The number of aryl methyl sites for hydroxylation is 1. The summed E-state index contributed by atoms with van der Waals surface area (Å²) in [4.78, 5) is 2.41. The number of anilines is 1. The van der Waals surface area contributed by atoms with Crippen molar-refractivity contribution in [3.63, 3.8) is 0 Å². The first-order valence-electron chi connectivity index (χ1n) is 6.71. The van der Waals surface area contributed by atoms with Gasteiger partial charge in [0.15, 0.2) is 0 Å². The number of nitrogens with zero attached hydrogens (tertiary/aromatic N) is 2. The molecule has 0 aliphatic carbocycles. The Morgan fingerprint density at radius 3 is 2.94 bits per heavy atom. The van der Waals surface area contributed by atoms with Crippen LogP contribution < -0.4 is 10.2 Å². The quantitative estimate of drug-likeness (QED) is 0.885. The van der Waals surface area contributed by atoms with Crippen LogP contribution in [0.15, 0.2) is 24.3 Å². The Morgan fingerprint density at radius 1 is 1.44 bits per heavy atom. The molecule has 2 unspecified atom stereocenters. The van der Waals surface area contributed by atoms with Crippen molar-refractivity contribution >= 4 is 5.69 Å². The lowest BCUT2D eigenvalue weighted by atomic mass is 10.0. The second kappa shape index (κ2) is 5.88. The van der Waals surface area contributed by atoms with Gasteiger partial charge in [-0.1, -0.05) is 25.1 Å². The van der Waals surface area contributed by atoms with E-state index < -0.39 is 0 Å². The summed E-state index contributed by atoms with van der Waals surface area (Å²) >= 11 is 0. The molecule has 1 aromatic carbocycles. The highest BCUT2D eigenvalue weighted by atomic mass is 15.2. The fourth-order valence-electron chi connectivity index (χ4n) is 2.63. The molecule has 3 heteroatoms. The number of hydrogen-bond donors (Lipinski definition) is 1. The summed E-state index contributed by atoms with van der Waals surface area (Å²) in [6.07, 6.45) is 1.62. The Hall–Kier alpha value is -1.53. The van der Waals surface area contributed by atoms with Gasteiger partial charge >= 0.3 is 0 Å². The third-order valence-corrected chi connectivity index (χ3v) is 3.62. The Morgan fingerprint density at radius 2 is 2.22 bits per heavy atom. The first-order chi connectivity index (χ1) is 8.76. The smallest absolute Gasteiger partial charge is 0.0643 e. The molecule has 0 radical (unpaired) electrons. The molecular formula is C15H21N3. The first-order valence-corrected chi connectivity index (χ1v) is 6.71. The Labute approximate surface area is 109 Å². The second-order valence-corrected chi connectivity index (χ2v) is 4.96. The molecule has 1 aromatic rings. The molecule has 1 saturated heterocycles. The zero-order valence-electron chi connectivity index (χ0n) is 11.2. The van der Waals surface area contributed by atoms with Crippen LogP contribution in [0.1, 0.15) is 25.8 Å². The largest absolute Gasteiger partial charge is 0.364 e. The lowest BCUT2D eigenvalue weighted by molar-refractivity contribution is 0.411. The minimum atomic E-state index is 0.291. The number of piperazine rings is 1. The second-order valence-electron chi connectivity index (χ2n) is 4.96. The third kappa shape index (κ3) is 2.65. The molecule has 0 saturated carbocycles. The SMILES string of the molecule is CCc1ccccc1N1CC(C)NCC1CC#N. The van der Waals surface area contributed by atoms with Crippen molar-refractivity contribution in [3.8, 4) is 6.07 Å². The summed E-state index contributed by atoms with van der Waals surface area (Å²) < 4.78 is 0. The molecule has 2 rings (SSSR count). The molecule has 0 amide bonds. The molecule has 1 aliphatic rings. The fraction of sp³-hybridized carbons (Fsp3) is 0.533. The third-order valence-electron chi connectivity index (χ3n) is 3.62. The van der Waals surface area contributed by atoms with E-state index in [4.69, 9.17) is 5.26 Å². The van der Waals surface area contributed by atoms with Gasteiger partial charge in [-0.25, -0.2) is 0 Å². The zero-order valence-corrected chi connectivity index (χ0v) is 11.2. The van der Waals surface area contributed by atoms with Gasteiger partial charge in [0.05, 0.1) is 18.5 Å². The van der Waals surface area contributed by atoms with Crippen LogP contribution >= 0.6 is 0 Å². The maximum absolute atomic E-state index is 8.97. The monoisotopic (exact) mass is 243 g/mol. The fourth-order valence-corrected chi connectivity index (χ4v) is 2.63. The van der Waals surface area contributed by atoms with E-state index in [1.807, 2.05) is 0 Å². The van der Waals surface area contributed by atoms with Gasteiger partial charge in [0.1, 0.15) is 0 Å².